The number of ether oxygens (including phenoxy) is 2. The molecule has 4 nitrogen and oxygen atoms in total. The molecular formula is C16H17NO3. The zero-order valence-corrected chi connectivity index (χ0v) is 11.6. The van der Waals surface area contributed by atoms with E-state index in [1.165, 1.54) is 0 Å². The number of hydrogen-bond donors (Lipinski definition) is 1. The summed E-state index contributed by atoms with van der Waals surface area (Å²) in [5.41, 5.74) is 1.51. The van der Waals surface area contributed by atoms with Crippen molar-refractivity contribution in [2.24, 2.45) is 0 Å². The fraction of sp³-hybridized carbons (Fsp3) is 0.188. The van der Waals surface area contributed by atoms with Crippen molar-refractivity contribution in [3.63, 3.8) is 0 Å². The van der Waals surface area contributed by atoms with Crippen LogP contribution in [0.4, 0.5) is 0 Å². The van der Waals surface area contributed by atoms with Crippen LogP contribution in [0.15, 0.2) is 48.5 Å². The van der Waals surface area contributed by atoms with Crippen molar-refractivity contribution >= 4 is 5.91 Å². The summed E-state index contributed by atoms with van der Waals surface area (Å²) in [6.07, 6.45) is 0. The number of carbonyl (C=O) groups is 1. The second-order valence-corrected chi connectivity index (χ2v) is 4.20. The molecule has 20 heavy (non-hydrogen) atoms. The van der Waals surface area contributed by atoms with Gasteiger partial charge in [-0.2, -0.15) is 0 Å². The first-order valence-electron chi connectivity index (χ1n) is 6.29. The van der Waals surface area contributed by atoms with E-state index in [4.69, 9.17) is 9.47 Å². The summed E-state index contributed by atoms with van der Waals surface area (Å²) in [7, 11) is 3.17. The zero-order valence-electron chi connectivity index (χ0n) is 11.6. The van der Waals surface area contributed by atoms with Crippen LogP contribution < -0.4 is 14.8 Å². The molecule has 2 rings (SSSR count). The normalized spacial score (nSPS) is 9.90. The zero-order chi connectivity index (χ0) is 14.4. The molecular weight excluding hydrogens is 254 g/mol. The van der Waals surface area contributed by atoms with Crippen molar-refractivity contribution in [1.82, 2.24) is 5.32 Å². The summed E-state index contributed by atoms with van der Waals surface area (Å²) in [5.74, 6) is 1.18. The van der Waals surface area contributed by atoms with Crippen LogP contribution in [0.5, 0.6) is 11.5 Å². The van der Waals surface area contributed by atoms with Gasteiger partial charge >= 0.3 is 0 Å². The van der Waals surface area contributed by atoms with Crippen LogP contribution in [0.2, 0.25) is 0 Å². The van der Waals surface area contributed by atoms with E-state index in [1.807, 2.05) is 36.4 Å². The number of hydrogen-bond acceptors (Lipinski definition) is 3. The summed E-state index contributed by atoms with van der Waals surface area (Å²) in [4.78, 5) is 12.0. The topological polar surface area (TPSA) is 47.6 Å². The van der Waals surface area contributed by atoms with Crippen LogP contribution in [-0.4, -0.2) is 20.1 Å². The smallest absolute Gasteiger partial charge is 0.251 e. The van der Waals surface area contributed by atoms with E-state index in [0.29, 0.717) is 23.6 Å². The van der Waals surface area contributed by atoms with Crippen LogP contribution >= 0.6 is 0 Å². The van der Waals surface area contributed by atoms with Crippen LogP contribution in [0, 0.1) is 0 Å². The SMILES string of the molecule is COc1cccc(CNC(=O)c2ccccc2)c1OC. The molecule has 0 aliphatic rings. The molecule has 104 valence electrons. The Kier molecular flexibility index (Phi) is 4.60. The van der Waals surface area contributed by atoms with Crippen molar-refractivity contribution in [3.05, 3.63) is 59.7 Å². The molecule has 4 heteroatoms. The van der Waals surface area contributed by atoms with Gasteiger partial charge in [0.05, 0.1) is 14.2 Å². The average molecular weight is 271 g/mol. The largest absolute Gasteiger partial charge is 0.493 e. The maximum Gasteiger partial charge on any atom is 0.251 e. The number of nitrogens with one attached hydrogen (secondary N) is 1. The third-order valence-electron chi connectivity index (χ3n) is 2.96. The summed E-state index contributed by atoms with van der Waals surface area (Å²) in [6.45, 7) is 0.383. The molecule has 0 atom stereocenters. The molecule has 0 heterocycles. The number of benzene rings is 2. The third kappa shape index (κ3) is 3.09. The summed E-state index contributed by atoms with van der Waals surface area (Å²) >= 11 is 0. The Morgan fingerprint density at radius 2 is 1.75 bits per heavy atom. The monoisotopic (exact) mass is 271 g/mol. The molecule has 0 fully saturated rings. The maximum absolute atomic E-state index is 12.0. The predicted octanol–water partition coefficient (Wildman–Crippen LogP) is 2.63. The van der Waals surface area contributed by atoms with Gasteiger partial charge in [-0.3, -0.25) is 4.79 Å². The summed E-state index contributed by atoms with van der Waals surface area (Å²) in [5, 5.41) is 2.87. The van der Waals surface area contributed by atoms with Gasteiger partial charge in [-0.25, -0.2) is 0 Å². The van der Waals surface area contributed by atoms with Crippen molar-refractivity contribution in [2.75, 3.05) is 14.2 Å². The van der Waals surface area contributed by atoms with E-state index in [2.05, 4.69) is 5.32 Å². The van der Waals surface area contributed by atoms with Gasteiger partial charge in [0.15, 0.2) is 11.5 Å². The fourth-order valence-electron chi connectivity index (χ4n) is 1.96. The van der Waals surface area contributed by atoms with E-state index in [1.54, 1.807) is 26.4 Å². The predicted molar refractivity (Wildman–Crippen MR) is 77.2 cm³/mol. The molecule has 0 bridgehead atoms. The number of amides is 1. The standard InChI is InChI=1S/C16H17NO3/c1-19-14-10-6-9-13(15(14)20-2)11-17-16(18)12-7-4-3-5-8-12/h3-10H,11H2,1-2H3,(H,17,18). The molecule has 0 unspecified atom stereocenters. The first kappa shape index (κ1) is 13.9. The van der Waals surface area contributed by atoms with Crippen molar-refractivity contribution in [1.29, 1.82) is 0 Å². The van der Waals surface area contributed by atoms with Crippen molar-refractivity contribution in [3.8, 4) is 11.5 Å². The Morgan fingerprint density at radius 3 is 2.40 bits per heavy atom. The first-order valence-corrected chi connectivity index (χ1v) is 6.29. The van der Waals surface area contributed by atoms with Gasteiger partial charge in [-0.15, -0.1) is 0 Å². The van der Waals surface area contributed by atoms with Gasteiger partial charge in [0.2, 0.25) is 0 Å². The number of carbonyl (C=O) groups excluding carboxylic acids is 1. The Bertz CT molecular complexity index is 582. The minimum Gasteiger partial charge on any atom is -0.493 e. The molecule has 0 saturated heterocycles. The maximum atomic E-state index is 12.0. The van der Waals surface area contributed by atoms with E-state index in [0.717, 1.165) is 5.56 Å². The van der Waals surface area contributed by atoms with Gasteiger partial charge in [0.1, 0.15) is 0 Å². The van der Waals surface area contributed by atoms with Gasteiger partial charge in [-0.05, 0) is 18.2 Å². The summed E-state index contributed by atoms with van der Waals surface area (Å²) in [6, 6.07) is 14.7. The lowest BCUT2D eigenvalue weighted by atomic mass is 10.1. The van der Waals surface area contributed by atoms with Crippen LogP contribution in [-0.2, 0) is 6.54 Å². The molecule has 0 saturated carbocycles. The lowest BCUT2D eigenvalue weighted by molar-refractivity contribution is 0.0950. The van der Waals surface area contributed by atoms with E-state index in [9.17, 15) is 4.79 Å². The molecule has 1 N–H and O–H groups in total. The fourth-order valence-corrected chi connectivity index (χ4v) is 1.96. The average Bonchev–Trinajstić information content (AvgIpc) is 2.52. The lowest BCUT2D eigenvalue weighted by Crippen LogP contribution is -2.23. The second kappa shape index (κ2) is 6.61. The highest BCUT2D eigenvalue weighted by molar-refractivity contribution is 5.94. The Balaban J connectivity index is 2.10. The van der Waals surface area contributed by atoms with Crippen LogP contribution in [0.1, 0.15) is 15.9 Å². The van der Waals surface area contributed by atoms with Crippen LogP contribution in [0.3, 0.4) is 0 Å². The number of rotatable bonds is 5. The van der Waals surface area contributed by atoms with Gasteiger partial charge in [0.25, 0.3) is 5.91 Å². The molecule has 0 aliphatic carbocycles. The molecule has 0 spiro atoms. The van der Waals surface area contributed by atoms with E-state index < -0.39 is 0 Å². The quantitative estimate of drug-likeness (QED) is 0.909. The molecule has 0 aromatic heterocycles. The number of methoxy groups -OCH3 is 2. The Labute approximate surface area is 118 Å². The highest BCUT2D eigenvalue weighted by Gasteiger charge is 2.11. The van der Waals surface area contributed by atoms with E-state index in [-0.39, 0.29) is 5.91 Å². The molecule has 2 aromatic carbocycles. The minimum atomic E-state index is -0.115. The minimum absolute atomic E-state index is 0.115. The lowest BCUT2D eigenvalue weighted by Gasteiger charge is -2.13. The molecule has 0 aliphatic heterocycles. The Hall–Kier alpha value is -2.49. The molecule has 2 aromatic rings. The van der Waals surface area contributed by atoms with Crippen molar-refractivity contribution in [2.45, 2.75) is 6.54 Å². The van der Waals surface area contributed by atoms with Crippen molar-refractivity contribution < 1.29 is 14.3 Å². The summed E-state index contributed by atoms with van der Waals surface area (Å²) < 4.78 is 10.6. The first-order chi connectivity index (χ1) is 9.76. The van der Waals surface area contributed by atoms with Crippen LogP contribution in [0.25, 0.3) is 0 Å². The number of para-hydroxylation sites is 1. The highest BCUT2D eigenvalue weighted by Crippen LogP contribution is 2.30. The molecule has 0 radical (unpaired) electrons. The Morgan fingerprint density at radius 1 is 1.00 bits per heavy atom. The van der Waals surface area contributed by atoms with E-state index >= 15 is 0 Å². The van der Waals surface area contributed by atoms with Gasteiger partial charge in [-0.1, -0.05) is 30.3 Å². The second-order valence-electron chi connectivity index (χ2n) is 4.20. The van der Waals surface area contributed by atoms with Gasteiger partial charge in [0, 0.05) is 17.7 Å². The van der Waals surface area contributed by atoms with Gasteiger partial charge < -0.3 is 14.8 Å². The molecule has 1 amide bonds. The third-order valence-corrected chi connectivity index (χ3v) is 2.96. The highest BCUT2D eigenvalue weighted by atomic mass is 16.5.